The van der Waals surface area contributed by atoms with Crippen molar-refractivity contribution in [2.75, 3.05) is 5.75 Å². The highest BCUT2D eigenvalue weighted by atomic mass is 32.2. The molecule has 0 unspecified atom stereocenters. The highest BCUT2D eigenvalue weighted by Crippen LogP contribution is 2.28. The number of ether oxygens (including phenoxy) is 1. The second-order valence-corrected chi connectivity index (χ2v) is 9.69. The summed E-state index contributed by atoms with van der Waals surface area (Å²) in [7, 11) is -3.97. The van der Waals surface area contributed by atoms with Gasteiger partial charge in [0.05, 0.1) is 17.0 Å². The van der Waals surface area contributed by atoms with E-state index in [9.17, 15) is 26.4 Å². The van der Waals surface area contributed by atoms with Crippen LogP contribution in [0.1, 0.15) is 17.0 Å². The number of ketones is 1. The van der Waals surface area contributed by atoms with Crippen LogP contribution in [0.3, 0.4) is 0 Å². The Bertz CT molecular complexity index is 1440. The quantitative estimate of drug-likeness (QED) is 0.361. The predicted molar refractivity (Wildman–Crippen MR) is 116 cm³/mol. The van der Waals surface area contributed by atoms with Gasteiger partial charge in [-0.1, -0.05) is 35.5 Å². The molecule has 2 aromatic carbocycles. The second kappa shape index (κ2) is 8.98. The summed E-state index contributed by atoms with van der Waals surface area (Å²) in [4.78, 5) is 12.4. The average Bonchev–Trinajstić information content (AvgIpc) is 3.32. The maximum absolute atomic E-state index is 13.1. The number of sulfone groups is 1. The van der Waals surface area contributed by atoms with Crippen LogP contribution in [-0.2, 0) is 27.6 Å². The lowest BCUT2D eigenvalue weighted by molar-refractivity contribution is -0.274. The van der Waals surface area contributed by atoms with Crippen molar-refractivity contribution >= 4 is 26.5 Å². The van der Waals surface area contributed by atoms with Gasteiger partial charge in [-0.3, -0.25) is 4.79 Å². The SMILES string of the molecule is Cc1cc(CC(=O)CS(=O)(=O)c2cn(Cc3ccc(OC(F)(F)F)cc3)c3ccccc23)no1. The number of hydrogen-bond acceptors (Lipinski definition) is 6. The lowest BCUT2D eigenvalue weighted by Crippen LogP contribution is -2.18. The van der Waals surface area contributed by atoms with Crippen LogP contribution in [0.4, 0.5) is 13.2 Å². The average molecular weight is 492 g/mol. The third-order valence-corrected chi connectivity index (χ3v) is 6.70. The van der Waals surface area contributed by atoms with Gasteiger partial charge in [0.15, 0.2) is 15.6 Å². The maximum Gasteiger partial charge on any atom is 0.573 e. The van der Waals surface area contributed by atoms with Crippen LogP contribution in [-0.4, -0.2) is 36.0 Å². The normalized spacial score (nSPS) is 12.2. The van der Waals surface area contributed by atoms with Gasteiger partial charge in [-0.2, -0.15) is 0 Å². The molecule has 7 nitrogen and oxygen atoms in total. The fourth-order valence-corrected chi connectivity index (χ4v) is 5.11. The number of fused-ring (bicyclic) bond motifs is 1. The molecular weight excluding hydrogens is 473 g/mol. The molecule has 34 heavy (non-hydrogen) atoms. The van der Waals surface area contributed by atoms with Crippen LogP contribution in [0.15, 0.2) is 70.2 Å². The van der Waals surface area contributed by atoms with Crippen molar-refractivity contribution in [3.63, 3.8) is 0 Å². The number of hydrogen-bond donors (Lipinski definition) is 0. The Morgan fingerprint density at radius 2 is 1.82 bits per heavy atom. The van der Waals surface area contributed by atoms with Gasteiger partial charge in [0, 0.05) is 29.7 Å². The third-order valence-electron chi connectivity index (χ3n) is 5.00. The largest absolute Gasteiger partial charge is 0.573 e. The molecule has 4 rings (SSSR count). The van der Waals surface area contributed by atoms with Gasteiger partial charge in [0.25, 0.3) is 0 Å². The van der Waals surface area contributed by atoms with E-state index >= 15 is 0 Å². The fraction of sp³-hybridized carbons (Fsp3) is 0.217. The monoisotopic (exact) mass is 492 g/mol. The molecule has 0 fully saturated rings. The summed E-state index contributed by atoms with van der Waals surface area (Å²) in [5.74, 6) is -1.05. The zero-order valence-electron chi connectivity index (χ0n) is 17.9. The lowest BCUT2D eigenvalue weighted by atomic mass is 10.2. The predicted octanol–water partition coefficient (Wildman–Crippen LogP) is 4.47. The Morgan fingerprint density at radius 1 is 1.12 bits per heavy atom. The van der Waals surface area contributed by atoms with Crippen molar-refractivity contribution in [3.8, 4) is 5.75 Å². The number of alkyl halides is 3. The van der Waals surface area contributed by atoms with Crippen LogP contribution in [0.2, 0.25) is 0 Å². The van der Waals surface area contributed by atoms with E-state index in [2.05, 4.69) is 9.89 Å². The molecular formula is C23H19F3N2O5S. The van der Waals surface area contributed by atoms with E-state index in [1.165, 1.54) is 30.5 Å². The minimum Gasteiger partial charge on any atom is -0.406 e. The standard InChI is InChI=1S/C23H19F3N2O5S/c1-15-10-17(27-33-15)11-18(29)14-34(30,31)22-13-28(21-5-3-2-4-20(21)22)12-16-6-8-19(9-7-16)32-23(24,25)26/h2-10,13H,11-12,14H2,1H3. The zero-order chi connectivity index (χ0) is 24.5. The van der Waals surface area contributed by atoms with Gasteiger partial charge in [-0.05, 0) is 30.7 Å². The van der Waals surface area contributed by atoms with Gasteiger partial charge < -0.3 is 13.8 Å². The van der Waals surface area contributed by atoms with Gasteiger partial charge >= 0.3 is 6.36 Å². The number of aryl methyl sites for hydroxylation is 1. The van der Waals surface area contributed by atoms with E-state index in [4.69, 9.17) is 4.52 Å². The van der Waals surface area contributed by atoms with Gasteiger partial charge in [-0.15, -0.1) is 13.2 Å². The van der Waals surface area contributed by atoms with Crippen LogP contribution in [0, 0.1) is 6.92 Å². The van der Waals surface area contributed by atoms with E-state index < -0.39 is 27.7 Å². The lowest BCUT2D eigenvalue weighted by Gasteiger charge is -2.10. The molecule has 0 aliphatic heterocycles. The topological polar surface area (TPSA) is 91.4 Å². The summed E-state index contributed by atoms with van der Waals surface area (Å²) in [6.45, 7) is 1.87. The van der Waals surface area contributed by atoms with Gasteiger partial charge in [0.2, 0.25) is 0 Å². The van der Waals surface area contributed by atoms with E-state index in [0.29, 0.717) is 27.9 Å². The Kier molecular flexibility index (Phi) is 6.22. The van der Waals surface area contributed by atoms with Crippen LogP contribution in [0.5, 0.6) is 5.75 Å². The minimum atomic E-state index is -4.79. The summed E-state index contributed by atoms with van der Waals surface area (Å²) >= 11 is 0. The summed E-state index contributed by atoms with van der Waals surface area (Å²) < 4.78 is 73.8. The van der Waals surface area contributed by atoms with Crippen molar-refractivity contribution in [1.29, 1.82) is 0 Å². The Balaban J connectivity index is 1.58. The summed E-state index contributed by atoms with van der Waals surface area (Å²) in [5.41, 5.74) is 1.60. The number of carbonyl (C=O) groups is 1. The molecule has 0 saturated heterocycles. The molecule has 2 aromatic heterocycles. The van der Waals surface area contributed by atoms with E-state index in [0.717, 1.165) is 0 Å². The number of halogens is 3. The van der Waals surface area contributed by atoms with E-state index in [1.54, 1.807) is 41.8 Å². The number of nitrogens with zero attached hydrogens (tertiary/aromatic N) is 2. The fourth-order valence-electron chi connectivity index (χ4n) is 3.63. The highest BCUT2D eigenvalue weighted by molar-refractivity contribution is 7.92. The highest BCUT2D eigenvalue weighted by Gasteiger charge is 2.31. The first-order chi connectivity index (χ1) is 16.0. The maximum atomic E-state index is 13.1. The summed E-state index contributed by atoms with van der Waals surface area (Å²) in [5, 5.41) is 4.17. The molecule has 0 N–H and O–H groups in total. The second-order valence-electron chi connectivity index (χ2n) is 7.73. The van der Waals surface area contributed by atoms with Crippen molar-refractivity contribution in [1.82, 2.24) is 9.72 Å². The first-order valence-electron chi connectivity index (χ1n) is 10.1. The Morgan fingerprint density at radius 3 is 2.47 bits per heavy atom. The van der Waals surface area contributed by atoms with Crippen LogP contribution >= 0.6 is 0 Å². The molecule has 11 heteroatoms. The van der Waals surface area contributed by atoms with Gasteiger partial charge in [-0.25, -0.2) is 8.42 Å². The molecule has 0 radical (unpaired) electrons. The number of Topliss-reactive ketones (excluding diaryl/α,β-unsaturated/α-hetero) is 1. The molecule has 0 aliphatic rings. The van der Waals surface area contributed by atoms with Crippen LogP contribution < -0.4 is 4.74 Å². The molecule has 0 bridgehead atoms. The first kappa shape index (κ1) is 23.6. The number of aromatic nitrogens is 2. The summed E-state index contributed by atoms with van der Waals surface area (Å²) in [6, 6.07) is 13.7. The van der Waals surface area contributed by atoms with Crippen molar-refractivity contribution in [3.05, 3.63) is 77.8 Å². The molecule has 0 atom stereocenters. The molecule has 0 aliphatic carbocycles. The molecule has 4 aromatic rings. The van der Waals surface area contributed by atoms with Crippen molar-refractivity contribution < 1.29 is 35.6 Å². The number of rotatable bonds is 8. The minimum absolute atomic E-state index is 0.00445. The third kappa shape index (κ3) is 5.48. The number of benzene rings is 2. The molecule has 0 saturated carbocycles. The van der Waals surface area contributed by atoms with E-state index in [-0.39, 0.29) is 23.6 Å². The van der Waals surface area contributed by atoms with Gasteiger partial charge in [0.1, 0.15) is 17.3 Å². The number of para-hydroxylation sites is 1. The smallest absolute Gasteiger partial charge is 0.406 e. The van der Waals surface area contributed by atoms with Crippen LogP contribution in [0.25, 0.3) is 10.9 Å². The number of carbonyl (C=O) groups excluding carboxylic acids is 1. The molecule has 0 amide bonds. The molecule has 0 spiro atoms. The Labute approximate surface area is 192 Å². The Hall–Kier alpha value is -3.60. The summed E-state index contributed by atoms with van der Waals surface area (Å²) in [6.07, 6.45) is -3.51. The first-order valence-corrected chi connectivity index (χ1v) is 11.7. The molecule has 178 valence electrons. The van der Waals surface area contributed by atoms with Crippen molar-refractivity contribution in [2.24, 2.45) is 0 Å². The molecule has 2 heterocycles. The zero-order valence-corrected chi connectivity index (χ0v) is 18.7. The van der Waals surface area contributed by atoms with Crippen molar-refractivity contribution in [2.45, 2.75) is 31.1 Å². The van der Waals surface area contributed by atoms with E-state index in [1.807, 2.05) is 0 Å².